The summed E-state index contributed by atoms with van der Waals surface area (Å²) in [5.74, 6) is -0.239. The van der Waals surface area contributed by atoms with Crippen molar-refractivity contribution in [2.45, 2.75) is 46.0 Å². The average Bonchev–Trinajstić information content (AvgIpc) is 3.31. The summed E-state index contributed by atoms with van der Waals surface area (Å²) < 4.78 is 10.7. The molecule has 5 heteroatoms. The monoisotopic (exact) mass is 465 g/mol. The molecule has 0 fully saturated rings. The van der Waals surface area contributed by atoms with Gasteiger partial charge >= 0.3 is 5.97 Å². The molecule has 0 aliphatic carbocycles. The zero-order valence-corrected chi connectivity index (χ0v) is 20.6. The second-order valence-electron chi connectivity index (χ2n) is 9.92. The Kier molecular flexibility index (Phi) is 5.37. The van der Waals surface area contributed by atoms with Gasteiger partial charge in [0.1, 0.15) is 6.10 Å². The standard InChI is InChI=1S/C30H31N3O2/c1-20-12-13-29-25(16-20)26-19-31(3)15-14-30(26)33(29)18-22(35-21(2)34)17-32-27-10-6-4-8-23(27)24-9-5-7-11-28(24)32/h4-13,16,22H,14-15,17-19H2,1-3H3. The van der Waals surface area contributed by atoms with Crippen LogP contribution in [-0.4, -0.2) is 39.7 Å². The first-order valence-corrected chi connectivity index (χ1v) is 12.4. The fourth-order valence-electron chi connectivity index (χ4n) is 5.88. The van der Waals surface area contributed by atoms with Crippen molar-refractivity contribution in [1.82, 2.24) is 14.0 Å². The van der Waals surface area contributed by atoms with Gasteiger partial charge in [0.25, 0.3) is 0 Å². The van der Waals surface area contributed by atoms with E-state index in [0.29, 0.717) is 13.1 Å². The topological polar surface area (TPSA) is 39.4 Å². The van der Waals surface area contributed by atoms with Crippen LogP contribution in [0.5, 0.6) is 0 Å². The highest BCUT2D eigenvalue weighted by atomic mass is 16.5. The summed E-state index contributed by atoms with van der Waals surface area (Å²) in [6, 6.07) is 23.7. The number of aryl methyl sites for hydroxylation is 1. The molecule has 2 aromatic heterocycles. The maximum atomic E-state index is 12.2. The highest BCUT2D eigenvalue weighted by Gasteiger charge is 2.25. The van der Waals surface area contributed by atoms with Crippen LogP contribution in [0.15, 0.2) is 66.7 Å². The number of rotatable bonds is 5. The molecule has 1 atom stereocenters. The Balaban J connectivity index is 1.46. The van der Waals surface area contributed by atoms with Crippen LogP contribution in [0, 0.1) is 6.92 Å². The van der Waals surface area contributed by atoms with Gasteiger partial charge in [0.15, 0.2) is 0 Å². The lowest BCUT2D eigenvalue weighted by atomic mass is 10.0. The summed E-state index contributed by atoms with van der Waals surface area (Å²) in [7, 11) is 2.19. The average molecular weight is 466 g/mol. The summed E-state index contributed by atoms with van der Waals surface area (Å²) in [5.41, 5.74) is 7.63. The third kappa shape index (κ3) is 3.80. The minimum absolute atomic E-state index is 0.239. The third-order valence-electron chi connectivity index (χ3n) is 7.39. The number of benzene rings is 3. The minimum atomic E-state index is -0.285. The zero-order chi connectivity index (χ0) is 24.1. The molecule has 5 aromatic rings. The number of likely N-dealkylation sites (N-methyl/N-ethyl adjacent to an activating group) is 1. The van der Waals surface area contributed by atoms with Crippen LogP contribution >= 0.6 is 0 Å². The van der Waals surface area contributed by atoms with Crippen LogP contribution < -0.4 is 0 Å². The molecule has 3 aromatic carbocycles. The number of hydrogen-bond donors (Lipinski definition) is 0. The van der Waals surface area contributed by atoms with Gasteiger partial charge in [0, 0.05) is 64.8 Å². The predicted molar refractivity (Wildman–Crippen MR) is 142 cm³/mol. The van der Waals surface area contributed by atoms with Crippen molar-refractivity contribution in [2.75, 3.05) is 13.6 Å². The van der Waals surface area contributed by atoms with Crippen LogP contribution in [0.4, 0.5) is 0 Å². The lowest BCUT2D eigenvalue weighted by Crippen LogP contribution is -2.31. The second-order valence-corrected chi connectivity index (χ2v) is 9.92. The fraction of sp³-hybridized carbons (Fsp3) is 0.300. The number of carbonyl (C=O) groups is 1. The molecule has 1 aliphatic heterocycles. The summed E-state index contributed by atoms with van der Waals surface area (Å²) in [5, 5.41) is 3.78. The number of carbonyl (C=O) groups excluding carboxylic acids is 1. The van der Waals surface area contributed by atoms with Gasteiger partial charge in [0.2, 0.25) is 0 Å². The molecule has 0 spiro atoms. The highest BCUT2D eigenvalue weighted by molar-refractivity contribution is 6.08. The Bertz CT molecular complexity index is 1520. The Labute approximate surface area is 205 Å². The van der Waals surface area contributed by atoms with E-state index in [-0.39, 0.29) is 12.1 Å². The van der Waals surface area contributed by atoms with E-state index in [2.05, 4.69) is 94.7 Å². The maximum absolute atomic E-state index is 12.2. The molecule has 5 nitrogen and oxygen atoms in total. The van der Waals surface area contributed by atoms with Crippen molar-refractivity contribution < 1.29 is 9.53 Å². The summed E-state index contributed by atoms with van der Waals surface area (Å²) >= 11 is 0. The number of ether oxygens (including phenoxy) is 1. The van der Waals surface area contributed by atoms with Crippen molar-refractivity contribution >= 4 is 38.7 Å². The van der Waals surface area contributed by atoms with Crippen LogP contribution in [-0.2, 0) is 35.6 Å². The smallest absolute Gasteiger partial charge is 0.303 e. The van der Waals surface area contributed by atoms with Crippen LogP contribution in [0.1, 0.15) is 23.7 Å². The molecule has 0 saturated carbocycles. The number of nitrogens with zero attached hydrogens (tertiary/aromatic N) is 3. The van der Waals surface area contributed by atoms with Gasteiger partial charge in [-0.25, -0.2) is 0 Å². The maximum Gasteiger partial charge on any atom is 0.303 e. The van der Waals surface area contributed by atoms with Gasteiger partial charge in [-0.1, -0.05) is 48.0 Å². The largest absolute Gasteiger partial charge is 0.459 e. The molecule has 0 amide bonds. The molecule has 0 radical (unpaired) electrons. The van der Waals surface area contributed by atoms with Crippen molar-refractivity contribution in [3.05, 3.63) is 83.6 Å². The zero-order valence-electron chi connectivity index (χ0n) is 20.6. The van der Waals surface area contributed by atoms with Crippen molar-refractivity contribution in [3.8, 4) is 0 Å². The van der Waals surface area contributed by atoms with Crippen molar-refractivity contribution in [1.29, 1.82) is 0 Å². The number of esters is 1. The van der Waals surface area contributed by atoms with Crippen LogP contribution in [0.2, 0.25) is 0 Å². The van der Waals surface area contributed by atoms with Gasteiger partial charge in [-0.15, -0.1) is 0 Å². The molecule has 178 valence electrons. The fourth-order valence-corrected chi connectivity index (χ4v) is 5.88. The van der Waals surface area contributed by atoms with Crippen LogP contribution in [0.3, 0.4) is 0 Å². The molecule has 35 heavy (non-hydrogen) atoms. The molecule has 6 rings (SSSR count). The van der Waals surface area contributed by atoms with E-state index in [9.17, 15) is 4.79 Å². The number of fused-ring (bicyclic) bond motifs is 6. The Morgan fingerprint density at radius 2 is 1.51 bits per heavy atom. The second kappa shape index (κ2) is 8.58. The molecule has 3 heterocycles. The first-order chi connectivity index (χ1) is 17.0. The molecular weight excluding hydrogens is 434 g/mol. The predicted octanol–water partition coefficient (Wildman–Crippen LogP) is 5.68. The van der Waals surface area contributed by atoms with E-state index in [4.69, 9.17) is 4.74 Å². The van der Waals surface area contributed by atoms with E-state index in [1.807, 2.05) is 0 Å². The van der Waals surface area contributed by atoms with E-state index >= 15 is 0 Å². The summed E-state index contributed by atoms with van der Waals surface area (Å²) in [6.07, 6.45) is 0.717. The summed E-state index contributed by atoms with van der Waals surface area (Å²) in [4.78, 5) is 14.6. The van der Waals surface area contributed by atoms with Gasteiger partial charge in [0.05, 0.1) is 13.1 Å². The molecule has 1 aliphatic rings. The van der Waals surface area contributed by atoms with Gasteiger partial charge in [-0.05, 0) is 43.8 Å². The van der Waals surface area contributed by atoms with Crippen molar-refractivity contribution in [2.24, 2.45) is 0 Å². The minimum Gasteiger partial charge on any atom is -0.459 e. The summed E-state index contributed by atoms with van der Waals surface area (Å²) in [6.45, 7) is 6.90. The normalized spacial score (nSPS) is 15.1. The molecular formula is C30H31N3O2. The Morgan fingerprint density at radius 1 is 0.886 bits per heavy atom. The number of aromatic nitrogens is 2. The highest BCUT2D eigenvalue weighted by Crippen LogP contribution is 2.33. The van der Waals surface area contributed by atoms with Gasteiger partial charge in [-0.2, -0.15) is 0 Å². The van der Waals surface area contributed by atoms with E-state index < -0.39 is 0 Å². The molecule has 0 saturated heterocycles. The van der Waals surface area contributed by atoms with Gasteiger partial charge in [-0.3, -0.25) is 4.79 Å². The Morgan fingerprint density at radius 3 is 2.20 bits per heavy atom. The first kappa shape index (κ1) is 21.9. The quantitative estimate of drug-likeness (QED) is 0.314. The molecule has 0 N–H and O–H groups in total. The first-order valence-electron chi connectivity index (χ1n) is 12.4. The lowest BCUT2D eigenvalue weighted by Gasteiger charge is -2.26. The van der Waals surface area contributed by atoms with Gasteiger partial charge < -0.3 is 18.8 Å². The molecule has 1 unspecified atom stereocenters. The number of para-hydroxylation sites is 2. The lowest BCUT2D eigenvalue weighted by molar-refractivity contribution is -0.147. The van der Waals surface area contributed by atoms with E-state index in [0.717, 1.165) is 19.5 Å². The Hall–Kier alpha value is -3.57. The van der Waals surface area contributed by atoms with Crippen molar-refractivity contribution in [3.63, 3.8) is 0 Å². The van der Waals surface area contributed by atoms with E-state index in [1.54, 1.807) is 0 Å². The molecule has 0 bridgehead atoms. The third-order valence-corrected chi connectivity index (χ3v) is 7.39. The SMILES string of the molecule is CC(=O)OC(Cn1c2c(c3cc(C)ccc31)CN(C)CC2)Cn1c2ccccc2c2ccccc21. The van der Waals surface area contributed by atoms with Crippen LogP contribution in [0.25, 0.3) is 32.7 Å². The number of hydrogen-bond acceptors (Lipinski definition) is 3. The van der Waals surface area contributed by atoms with E-state index in [1.165, 1.54) is 56.5 Å².